The molecule has 4 rings (SSSR count). The van der Waals surface area contributed by atoms with E-state index in [-0.39, 0.29) is 0 Å². The molecular formula is C32H40N6. The van der Waals surface area contributed by atoms with E-state index in [9.17, 15) is 0 Å². The molecule has 0 spiro atoms. The van der Waals surface area contributed by atoms with Crippen molar-refractivity contribution in [3.05, 3.63) is 82.0 Å². The van der Waals surface area contributed by atoms with Gasteiger partial charge in [-0.3, -0.25) is 0 Å². The van der Waals surface area contributed by atoms with Gasteiger partial charge in [0.1, 0.15) is 11.6 Å². The molecular weight excluding hydrogens is 468 g/mol. The van der Waals surface area contributed by atoms with E-state index in [4.69, 9.17) is 10.7 Å². The van der Waals surface area contributed by atoms with E-state index in [1.165, 1.54) is 33.4 Å². The first-order valence-corrected chi connectivity index (χ1v) is 13.4. The van der Waals surface area contributed by atoms with Crippen LogP contribution >= 0.6 is 0 Å². The molecule has 0 saturated carbocycles. The summed E-state index contributed by atoms with van der Waals surface area (Å²) in [5.41, 5.74) is 17.1. The van der Waals surface area contributed by atoms with Crippen LogP contribution in [0.2, 0.25) is 0 Å². The second kappa shape index (κ2) is 11.2. The molecule has 0 amide bonds. The van der Waals surface area contributed by atoms with E-state index in [0.29, 0.717) is 23.5 Å². The number of aryl methyl sites for hydroxylation is 2. The zero-order valence-corrected chi connectivity index (χ0v) is 24.0. The van der Waals surface area contributed by atoms with Gasteiger partial charge in [-0.15, -0.1) is 0 Å². The highest BCUT2D eigenvalue weighted by atomic mass is 15.2. The zero-order chi connectivity index (χ0) is 27.6. The van der Waals surface area contributed by atoms with Crippen LogP contribution in [0.1, 0.15) is 70.1 Å². The maximum atomic E-state index is 6.44. The molecule has 0 saturated heterocycles. The number of benzene rings is 2. The average molecular weight is 509 g/mol. The van der Waals surface area contributed by atoms with Crippen molar-refractivity contribution in [2.45, 2.75) is 67.2 Å². The Bertz CT molecular complexity index is 1470. The van der Waals surface area contributed by atoms with Crippen molar-refractivity contribution >= 4 is 28.9 Å². The summed E-state index contributed by atoms with van der Waals surface area (Å²) in [4.78, 5) is 16.1. The van der Waals surface area contributed by atoms with E-state index < -0.39 is 0 Å². The number of nitrogens with two attached hydrogens (primary N) is 1. The number of allylic oxidation sites excluding steroid dienone is 4. The molecule has 1 unspecified atom stereocenters. The van der Waals surface area contributed by atoms with Gasteiger partial charge in [-0.25, -0.2) is 9.98 Å². The van der Waals surface area contributed by atoms with Gasteiger partial charge >= 0.3 is 0 Å². The van der Waals surface area contributed by atoms with Crippen LogP contribution < -0.4 is 11.1 Å². The Labute approximate surface area is 227 Å². The molecule has 3 aromatic rings. The van der Waals surface area contributed by atoms with Gasteiger partial charge in [-0.05, 0) is 80.3 Å². The minimum absolute atomic E-state index is 0.363. The minimum atomic E-state index is 0.363. The van der Waals surface area contributed by atoms with Crippen LogP contribution in [0.5, 0.6) is 0 Å². The van der Waals surface area contributed by atoms with E-state index in [1.807, 2.05) is 31.6 Å². The molecule has 6 heteroatoms. The van der Waals surface area contributed by atoms with Gasteiger partial charge < -0.3 is 16.0 Å². The molecule has 2 aromatic carbocycles. The Morgan fingerprint density at radius 1 is 1.08 bits per heavy atom. The number of nitrogens with one attached hydrogen (secondary N) is 1. The molecule has 2 heterocycles. The molecule has 198 valence electrons. The Morgan fingerprint density at radius 2 is 1.79 bits per heavy atom. The highest BCUT2D eigenvalue weighted by Gasteiger charge is 2.17. The van der Waals surface area contributed by atoms with Crippen LogP contribution in [0.3, 0.4) is 0 Å². The third-order valence-corrected chi connectivity index (χ3v) is 7.43. The summed E-state index contributed by atoms with van der Waals surface area (Å²) in [5, 5.41) is 4.11. The Hall–Kier alpha value is -3.93. The first-order chi connectivity index (χ1) is 18.1. The standard InChI is InChI=1S/C32H40N6/c1-9-19(3)14-21(5)24-15-22(6)29(23(7)16-24)25-12-11-13-26-30(25)36-32(37-31(26)33)35-28-18-38(8)27(17-34-28)20(4)10-2/h11-18,21H,9-10H2,1-8H3,(H3,33,35,36,37)/b19-14+,27-20+. The van der Waals surface area contributed by atoms with Gasteiger partial charge in [0.15, 0.2) is 0 Å². The number of nitrogen functional groups attached to an aromatic ring is 1. The fraction of sp³-hybridized carbons (Fsp3) is 0.344. The van der Waals surface area contributed by atoms with Crippen LogP contribution in [0, 0.1) is 13.8 Å². The van der Waals surface area contributed by atoms with Crippen LogP contribution in [0.4, 0.5) is 11.8 Å². The van der Waals surface area contributed by atoms with Gasteiger partial charge in [0.25, 0.3) is 0 Å². The fourth-order valence-electron chi connectivity index (χ4n) is 5.04. The molecule has 1 aromatic heterocycles. The van der Waals surface area contributed by atoms with Gasteiger partial charge in [-0.2, -0.15) is 4.98 Å². The molecule has 6 nitrogen and oxygen atoms in total. The lowest BCUT2D eigenvalue weighted by atomic mass is 9.88. The third-order valence-electron chi connectivity index (χ3n) is 7.43. The maximum Gasteiger partial charge on any atom is 0.230 e. The summed E-state index contributed by atoms with van der Waals surface area (Å²) >= 11 is 0. The summed E-state index contributed by atoms with van der Waals surface area (Å²) in [7, 11) is 2.02. The lowest BCUT2D eigenvalue weighted by Crippen LogP contribution is -2.20. The lowest BCUT2D eigenvalue weighted by molar-refractivity contribution is 0.578. The van der Waals surface area contributed by atoms with E-state index in [1.54, 1.807) is 0 Å². The molecule has 3 N–H and O–H groups in total. The summed E-state index contributed by atoms with van der Waals surface area (Å²) < 4.78 is 0. The maximum absolute atomic E-state index is 6.44. The Balaban J connectivity index is 1.75. The topological polar surface area (TPSA) is 79.4 Å². The average Bonchev–Trinajstić information content (AvgIpc) is 2.88. The number of rotatable bonds is 7. The predicted octanol–water partition coefficient (Wildman–Crippen LogP) is 7.87. The largest absolute Gasteiger partial charge is 0.383 e. The van der Waals surface area contributed by atoms with Crippen molar-refractivity contribution in [1.82, 2.24) is 14.9 Å². The monoisotopic (exact) mass is 508 g/mol. The number of anilines is 2. The van der Waals surface area contributed by atoms with Crippen molar-refractivity contribution in [3.63, 3.8) is 0 Å². The van der Waals surface area contributed by atoms with Gasteiger partial charge in [0.05, 0.1) is 17.4 Å². The van der Waals surface area contributed by atoms with Gasteiger partial charge in [0.2, 0.25) is 5.95 Å². The zero-order valence-electron chi connectivity index (χ0n) is 24.0. The summed E-state index contributed by atoms with van der Waals surface area (Å²) in [6, 6.07) is 10.7. The molecule has 38 heavy (non-hydrogen) atoms. The number of nitrogens with zero attached hydrogens (tertiary/aromatic N) is 4. The lowest BCUT2D eigenvalue weighted by Gasteiger charge is -2.23. The van der Waals surface area contributed by atoms with Gasteiger partial charge in [0, 0.05) is 24.2 Å². The quantitative estimate of drug-likeness (QED) is 0.317. The first kappa shape index (κ1) is 27.1. The van der Waals surface area contributed by atoms with Crippen LogP contribution in [0.25, 0.3) is 22.0 Å². The number of fused-ring (bicyclic) bond motifs is 1. The number of hydrogen-bond donors (Lipinski definition) is 2. The van der Waals surface area contributed by atoms with E-state index in [0.717, 1.165) is 35.0 Å². The van der Waals surface area contributed by atoms with Crippen molar-refractivity contribution in [2.24, 2.45) is 4.99 Å². The Morgan fingerprint density at radius 3 is 2.42 bits per heavy atom. The first-order valence-electron chi connectivity index (χ1n) is 13.4. The summed E-state index contributed by atoms with van der Waals surface area (Å²) in [6.07, 6.45) is 8.24. The number of aromatic nitrogens is 2. The smallest absolute Gasteiger partial charge is 0.230 e. The molecule has 0 aliphatic carbocycles. The molecule has 0 radical (unpaired) electrons. The molecule has 1 aliphatic rings. The van der Waals surface area contributed by atoms with Crippen LogP contribution in [0.15, 0.2) is 70.3 Å². The van der Waals surface area contributed by atoms with Crippen LogP contribution in [-0.4, -0.2) is 28.1 Å². The van der Waals surface area contributed by atoms with Crippen molar-refractivity contribution in [2.75, 3.05) is 18.1 Å². The SMILES string of the molecule is CC/C(C)=C/C(C)c1cc(C)c(-c2cccc3c(N)nc(NC4=CN(C)/C(=C(\C)CC)C=N4)nc23)c(C)c1. The van der Waals surface area contributed by atoms with E-state index in [2.05, 4.69) is 92.9 Å². The molecule has 0 bridgehead atoms. The van der Waals surface area contributed by atoms with Gasteiger partial charge in [-0.1, -0.05) is 56.7 Å². The molecule has 1 atom stereocenters. The van der Waals surface area contributed by atoms with Crippen LogP contribution in [-0.2, 0) is 0 Å². The number of para-hydroxylation sites is 1. The van der Waals surface area contributed by atoms with E-state index >= 15 is 0 Å². The van der Waals surface area contributed by atoms with Crippen molar-refractivity contribution in [3.8, 4) is 11.1 Å². The second-order valence-corrected chi connectivity index (χ2v) is 10.3. The summed E-state index contributed by atoms with van der Waals surface area (Å²) in [6.45, 7) is 15.3. The molecule has 0 fully saturated rings. The second-order valence-electron chi connectivity index (χ2n) is 10.3. The normalized spacial score (nSPS) is 16.1. The third kappa shape index (κ3) is 5.49. The highest BCUT2D eigenvalue weighted by Crippen LogP contribution is 2.36. The number of hydrogen-bond acceptors (Lipinski definition) is 6. The highest BCUT2D eigenvalue weighted by molar-refractivity contribution is 6.00. The minimum Gasteiger partial charge on any atom is -0.383 e. The van der Waals surface area contributed by atoms with Crippen molar-refractivity contribution in [1.29, 1.82) is 0 Å². The molecule has 1 aliphatic heterocycles. The Kier molecular flexibility index (Phi) is 8.00. The predicted molar refractivity (Wildman–Crippen MR) is 162 cm³/mol. The van der Waals surface area contributed by atoms with Crippen molar-refractivity contribution < 1.29 is 0 Å². The number of aliphatic imine (C=N–C) groups is 1. The fourth-order valence-corrected chi connectivity index (χ4v) is 5.04. The summed E-state index contributed by atoms with van der Waals surface area (Å²) in [5.74, 6) is 1.90.